The molecule has 0 saturated heterocycles. The summed E-state index contributed by atoms with van der Waals surface area (Å²) < 4.78 is 1.90. The fourth-order valence-corrected chi connectivity index (χ4v) is 2.06. The van der Waals surface area contributed by atoms with Crippen LogP contribution < -0.4 is 5.32 Å². The van der Waals surface area contributed by atoms with E-state index < -0.39 is 5.97 Å². The molecular formula is C14H24N4O3. The van der Waals surface area contributed by atoms with Crippen molar-refractivity contribution in [2.75, 3.05) is 13.1 Å². The topological polar surface area (TPSA) is 87.5 Å². The number of aromatic nitrogens is 2. The van der Waals surface area contributed by atoms with Gasteiger partial charge >= 0.3 is 12.0 Å². The lowest BCUT2D eigenvalue weighted by Gasteiger charge is -2.25. The number of aryl methyl sites for hydroxylation is 3. The largest absolute Gasteiger partial charge is 0.480 e. The van der Waals surface area contributed by atoms with E-state index in [2.05, 4.69) is 10.4 Å². The zero-order valence-corrected chi connectivity index (χ0v) is 13.1. The van der Waals surface area contributed by atoms with Gasteiger partial charge in [-0.05, 0) is 40.2 Å². The van der Waals surface area contributed by atoms with Gasteiger partial charge < -0.3 is 15.3 Å². The van der Waals surface area contributed by atoms with Crippen LogP contribution in [-0.4, -0.2) is 50.9 Å². The molecule has 21 heavy (non-hydrogen) atoms. The Labute approximate surface area is 124 Å². The van der Waals surface area contributed by atoms with Crippen LogP contribution >= 0.6 is 0 Å². The van der Waals surface area contributed by atoms with Crippen LogP contribution in [0.25, 0.3) is 0 Å². The third-order valence-corrected chi connectivity index (χ3v) is 3.12. The van der Waals surface area contributed by atoms with Crippen molar-refractivity contribution in [3.8, 4) is 0 Å². The maximum atomic E-state index is 11.9. The molecule has 7 nitrogen and oxygen atoms in total. The molecule has 1 rings (SSSR count). The van der Waals surface area contributed by atoms with Crippen LogP contribution in [0.2, 0.25) is 0 Å². The lowest BCUT2D eigenvalue weighted by molar-refractivity contribution is -0.138. The molecule has 0 aliphatic rings. The smallest absolute Gasteiger partial charge is 0.323 e. The second kappa shape index (κ2) is 7.66. The average Bonchev–Trinajstić information content (AvgIpc) is 2.69. The molecule has 0 spiro atoms. The van der Waals surface area contributed by atoms with Crippen molar-refractivity contribution < 1.29 is 14.7 Å². The molecule has 0 radical (unpaired) electrons. The van der Waals surface area contributed by atoms with E-state index in [-0.39, 0.29) is 18.6 Å². The first-order valence-electron chi connectivity index (χ1n) is 7.08. The molecule has 0 aliphatic heterocycles. The van der Waals surface area contributed by atoms with Gasteiger partial charge in [-0.15, -0.1) is 0 Å². The van der Waals surface area contributed by atoms with Crippen LogP contribution in [0.1, 0.15) is 31.7 Å². The van der Waals surface area contributed by atoms with Gasteiger partial charge in [-0.1, -0.05) is 0 Å². The molecule has 1 aromatic rings. The molecule has 0 atom stereocenters. The number of hydrogen-bond donors (Lipinski definition) is 2. The molecule has 0 bridgehead atoms. The number of hydrogen-bond acceptors (Lipinski definition) is 3. The van der Waals surface area contributed by atoms with Gasteiger partial charge in [-0.2, -0.15) is 5.10 Å². The first kappa shape index (κ1) is 17.0. The number of carboxylic acid groups (broad SMARTS) is 1. The van der Waals surface area contributed by atoms with Gasteiger partial charge in [0.15, 0.2) is 0 Å². The Morgan fingerprint density at radius 1 is 1.43 bits per heavy atom. The SMILES string of the molecule is Cc1cc(C)n(CCCNC(=O)N(CC(=O)O)C(C)C)n1. The monoisotopic (exact) mass is 296 g/mol. The lowest BCUT2D eigenvalue weighted by atomic mass is 10.3. The van der Waals surface area contributed by atoms with Gasteiger partial charge in [0, 0.05) is 24.8 Å². The Balaban J connectivity index is 2.38. The van der Waals surface area contributed by atoms with Gasteiger partial charge in [-0.3, -0.25) is 9.48 Å². The standard InChI is InChI=1S/C14H24N4O3/c1-10(2)17(9-13(19)20)14(21)15-6-5-7-18-12(4)8-11(3)16-18/h8,10H,5-7,9H2,1-4H3,(H,15,21)(H,19,20). The molecule has 7 heteroatoms. The van der Waals surface area contributed by atoms with Crippen molar-refractivity contribution in [1.29, 1.82) is 0 Å². The number of nitrogens with one attached hydrogen (secondary N) is 1. The number of carboxylic acids is 1. The van der Waals surface area contributed by atoms with Crippen molar-refractivity contribution in [1.82, 2.24) is 20.0 Å². The van der Waals surface area contributed by atoms with Crippen molar-refractivity contribution >= 4 is 12.0 Å². The van der Waals surface area contributed by atoms with E-state index in [4.69, 9.17) is 5.11 Å². The van der Waals surface area contributed by atoms with E-state index in [1.54, 1.807) is 13.8 Å². The second-order valence-electron chi connectivity index (χ2n) is 5.35. The maximum absolute atomic E-state index is 11.9. The fourth-order valence-electron chi connectivity index (χ4n) is 2.06. The molecule has 0 fully saturated rings. The van der Waals surface area contributed by atoms with E-state index in [0.717, 1.165) is 24.4 Å². The molecular weight excluding hydrogens is 272 g/mol. The molecule has 1 heterocycles. The lowest BCUT2D eigenvalue weighted by Crippen LogP contribution is -2.46. The number of amides is 2. The molecule has 2 amide bonds. The minimum atomic E-state index is -1.01. The van der Waals surface area contributed by atoms with Gasteiger partial charge in [0.25, 0.3) is 0 Å². The van der Waals surface area contributed by atoms with Crippen LogP contribution in [0.3, 0.4) is 0 Å². The van der Waals surface area contributed by atoms with E-state index in [9.17, 15) is 9.59 Å². The Hall–Kier alpha value is -2.05. The second-order valence-corrected chi connectivity index (χ2v) is 5.35. The first-order valence-corrected chi connectivity index (χ1v) is 7.08. The summed E-state index contributed by atoms with van der Waals surface area (Å²) in [5.41, 5.74) is 2.07. The Bertz CT molecular complexity index is 496. The van der Waals surface area contributed by atoms with Crippen molar-refractivity contribution in [2.45, 2.75) is 46.7 Å². The molecule has 0 aromatic carbocycles. The van der Waals surface area contributed by atoms with Gasteiger partial charge in [0.2, 0.25) is 0 Å². The highest BCUT2D eigenvalue weighted by Gasteiger charge is 2.19. The maximum Gasteiger partial charge on any atom is 0.323 e. The number of carbonyl (C=O) groups is 2. The van der Waals surface area contributed by atoms with E-state index in [0.29, 0.717) is 6.54 Å². The zero-order chi connectivity index (χ0) is 16.0. The summed E-state index contributed by atoms with van der Waals surface area (Å²) in [5.74, 6) is -1.01. The molecule has 0 unspecified atom stereocenters. The Morgan fingerprint density at radius 3 is 2.57 bits per heavy atom. The van der Waals surface area contributed by atoms with Gasteiger partial charge in [0.05, 0.1) is 5.69 Å². The van der Waals surface area contributed by atoms with Crippen LogP contribution in [0, 0.1) is 13.8 Å². The summed E-state index contributed by atoms with van der Waals surface area (Å²) in [6.07, 6.45) is 0.743. The zero-order valence-electron chi connectivity index (χ0n) is 13.1. The molecule has 1 aromatic heterocycles. The molecule has 2 N–H and O–H groups in total. The van der Waals surface area contributed by atoms with Crippen LogP contribution in [0.15, 0.2) is 6.07 Å². The number of nitrogens with zero attached hydrogens (tertiary/aromatic N) is 3. The van der Waals surface area contributed by atoms with Crippen molar-refractivity contribution in [3.63, 3.8) is 0 Å². The van der Waals surface area contributed by atoms with Gasteiger partial charge in [-0.25, -0.2) is 4.79 Å². The highest BCUT2D eigenvalue weighted by molar-refractivity contribution is 5.80. The van der Waals surface area contributed by atoms with Crippen molar-refractivity contribution in [3.05, 3.63) is 17.5 Å². The summed E-state index contributed by atoms with van der Waals surface area (Å²) >= 11 is 0. The molecule has 0 saturated carbocycles. The highest BCUT2D eigenvalue weighted by Crippen LogP contribution is 2.03. The number of aliphatic carboxylic acids is 1. The minimum Gasteiger partial charge on any atom is -0.480 e. The normalized spacial score (nSPS) is 10.7. The van der Waals surface area contributed by atoms with Crippen molar-refractivity contribution in [2.24, 2.45) is 0 Å². The van der Waals surface area contributed by atoms with Crippen LogP contribution in [-0.2, 0) is 11.3 Å². The summed E-state index contributed by atoms with van der Waals surface area (Å²) in [6, 6.07) is 1.50. The molecule has 118 valence electrons. The summed E-state index contributed by atoms with van der Waals surface area (Å²) in [4.78, 5) is 24.0. The number of carbonyl (C=O) groups excluding carboxylic acids is 1. The predicted octanol–water partition coefficient (Wildman–Crippen LogP) is 1.39. The fraction of sp³-hybridized carbons (Fsp3) is 0.643. The molecule has 0 aliphatic carbocycles. The summed E-state index contributed by atoms with van der Waals surface area (Å²) in [6.45, 7) is 8.43. The number of rotatable bonds is 7. The van der Waals surface area contributed by atoms with E-state index in [1.807, 2.05) is 24.6 Å². The van der Waals surface area contributed by atoms with E-state index >= 15 is 0 Å². The Kier molecular flexibility index (Phi) is 6.20. The Morgan fingerprint density at radius 2 is 2.10 bits per heavy atom. The van der Waals surface area contributed by atoms with Crippen LogP contribution in [0.4, 0.5) is 4.79 Å². The third kappa shape index (κ3) is 5.45. The minimum absolute atomic E-state index is 0.155. The highest BCUT2D eigenvalue weighted by atomic mass is 16.4. The summed E-state index contributed by atoms with van der Waals surface area (Å²) in [7, 11) is 0. The van der Waals surface area contributed by atoms with Crippen LogP contribution in [0.5, 0.6) is 0 Å². The predicted molar refractivity (Wildman–Crippen MR) is 79.2 cm³/mol. The third-order valence-electron chi connectivity index (χ3n) is 3.12. The quantitative estimate of drug-likeness (QED) is 0.744. The van der Waals surface area contributed by atoms with E-state index in [1.165, 1.54) is 4.90 Å². The summed E-state index contributed by atoms with van der Waals surface area (Å²) in [5, 5.41) is 15.9. The van der Waals surface area contributed by atoms with Gasteiger partial charge in [0.1, 0.15) is 6.54 Å². The average molecular weight is 296 g/mol. The first-order chi connectivity index (χ1) is 9.81. The number of urea groups is 1.